The van der Waals surface area contributed by atoms with Gasteiger partial charge >= 0.3 is 0 Å². The van der Waals surface area contributed by atoms with Crippen LogP contribution in [0.25, 0.3) is 5.69 Å². The Balaban J connectivity index is 0.00000128. The van der Waals surface area contributed by atoms with Crippen LogP contribution in [0.15, 0.2) is 49.1 Å². The number of benzene rings is 1. The minimum Gasteiger partial charge on any atom is -1.00 e. The van der Waals surface area contributed by atoms with E-state index in [1.807, 2.05) is 6.07 Å². The van der Waals surface area contributed by atoms with Crippen molar-refractivity contribution < 1.29 is 17.0 Å². The van der Waals surface area contributed by atoms with Crippen LogP contribution in [-0.4, -0.2) is 4.57 Å². The third-order valence-corrected chi connectivity index (χ3v) is 2.47. The summed E-state index contributed by atoms with van der Waals surface area (Å²) in [6, 6.07) is 10.3. The molecule has 0 atom stereocenters. The number of para-hydroxylation sites is 1. The summed E-state index contributed by atoms with van der Waals surface area (Å²) in [4.78, 5) is 0. The molecule has 0 bridgehead atoms. The molecule has 1 heterocycles. The average Bonchev–Trinajstić information content (AvgIpc) is 2.67. The van der Waals surface area contributed by atoms with E-state index >= 15 is 0 Å². The number of halogens is 1. The number of imidazole rings is 1. The van der Waals surface area contributed by atoms with E-state index in [2.05, 4.69) is 72.9 Å². The molecule has 0 unspecified atom stereocenters. The molecule has 0 aliphatic rings. The van der Waals surface area contributed by atoms with E-state index in [1.54, 1.807) is 0 Å². The molecule has 3 heteroatoms. The van der Waals surface area contributed by atoms with Gasteiger partial charge in [-0.1, -0.05) is 18.2 Å². The van der Waals surface area contributed by atoms with E-state index < -0.39 is 0 Å². The lowest BCUT2D eigenvalue weighted by molar-refractivity contribution is -0.753. The van der Waals surface area contributed by atoms with E-state index in [4.69, 9.17) is 0 Å². The largest absolute Gasteiger partial charge is 1.00 e. The highest BCUT2D eigenvalue weighted by atomic mass is 35.5. The van der Waals surface area contributed by atoms with Crippen LogP contribution in [0, 0.1) is 0 Å². The second-order valence-corrected chi connectivity index (χ2v) is 4.73. The fourth-order valence-electron chi connectivity index (χ4n) is 1.50. The molecule has 1 aromatic carbocycles. The standard InChI is InChI=1S/C13H17N2.ClH/c1-13(2,3)15-10-9-14(11-15)12-7-5-4-6-8-12;/h4-11H,1-3H3;1H/q+1;/p-1. The van der Waals surface area contributed by atoms with Crippen LogP contribution in [-0.2, 0) is 5.54 Å². The quantitative estimate of drug-likeness (QED) is 0.592. The molecule has 0 spiro atoms. The minimum absolute atomic E-state index is 0. The lowest BCUT2D eigenvalue weighted by atomic mass is 10.1. The van der Waals surface area contributed by atoms with Crippen molar-refractivity contribution in [2.24, 2.45) is 0 Å². The molecular weight excluding hydrogens is 220 g/mol. The normalized spacial score (nSPS) is 10.9. The molecule has 0 radical (unpaired) electrons. The van der Waals surface area contributed by atoms with Gasteiger partial charge in [-0.3, -0.25) is 0 Å². The SMILES string of the molecule is CC(C)(C)[n+]1ccn(-c2ccccc2)c1.[Cl-]. The van der Waals surface area contributed by atoms with E-state index in [1.165, 1.54) is 5.69 Å². The average molecular weight is 237 g/mol. The molecule has 0 amide bonds. The lowest BCUT2D eigenvalue weighted by Gasteiger charge is -2.13. The van der Waals surface area contributed by atoms with Crippen molar-refractivity contribution in [2.75, 3.05) is 0 Å². The Hall–Kier alpha value is -1.28. The smallest absolute Gasteiger partial charge is 0.249 e. The van der Waals surface area contributed by atoms with Gasteiger partial charge in [0, 0.05) is 0 Å². The van der Waals surface area contributed by atoms with Crippen molar-refractivity contribution in [3.05, 3.63) is 49.1 Å². The van der Waals surface area contributed by atoms with Crippen molar-refractivity contribution in [1.29, 1.82) is 0 Å². The summed E-state index contributed by atoms with van der Waals surface area (Å²) in [5.74, 6) is 0. The molecule has 86 valence electrons. The topological polar surface area (TPSA) is 8.81 Å². The van der Waals surface area contributed by atoms with E-state index in [-0.39, 0.29) is 17.9 Å². The minimum atomic E-state index is 0. The number of hydrogen-bond acceptors (Lipinski definition) is 0. The van der Waals surface area contributed by atoms with Gasteiger partial charge in [-0.05, 0) is 32.9 Å². The Morgan fingerprint density at radius 3 is 2.19 bits per heavy atom. The van der Waals surface area contributed by atoms with Gasteiger partial charge < -0.3 is 12.4 Å². The van der Waals surface area contributed by atoms with Gasteiger partial charge in [-0.25, -0.2) is 9.13 Å². The summed E-state index contributed by atoms with van der Waals surface area (Å²) in [5.41, 5.74) is 1.33. The zero-order valence-electron chi connectivity index (χ0n) is 9.89. The zero-order valence-corrected chi connectivity index (χ0v) is 10.6. The van der Waals surface area contributed by atoms with Crippen molar-refractivity contribution in [2.45, 2.75) is 26.3 Å². The number of hydrogen-bond donors (Lipinski definition) is 0. The van der Waals surface area contributed by atoms with Gasteiger partial charge in [0.15, 0.2) is 0 Å². The molecule has 2 nitrogen and oxygen atoms in total. The number of aromatic nitrogens is 2. The van der Waals surface area contributed by atoms with Crippen molar-refractivity contribution in [1.82, 2.24) is 4.57 Å². The number of nitrogens with zero attached hydrogens (tertiary/aromatic N) is 2. The lowest BCUT2D eigenvalue weighted by Crippen LogP contribution is -3.00. The summed E-state index contributed by atoms with van der Waals surface area (Å²) in [5, 5.41) is 0. The summed E-state index contributed by atoms with van der Waals surface area (Å²) in [6.45, 7) is 6.59. The predicted octanol–water partition coefficient (Wildman–Crippen LogP) is -0.476. The van der Waals surface area contributed by atoms with Gasteiger partial charge in [0.05, 0.1) is 0 Å². The van der Waals surface area contributed by atoms with Crippen molar-refractivity contribution in [3.63, 3.8) is 0 Å². The van der Waals surface area contributed by atoms with Crippen LogP contribution >= 0.6 is 0 Å². The molecule has 2 rings (SSSR count). The van der Waals surface area contributed by atoms with Gasteiger partial charge in [0.1, 0.15) is 23.6 Å². The van der Waals surface area contributed by atoms with Gasteiger partial charge in [-0.15, -0.1) is 0 Å². The molecule has 1 aromatic heterocycles. The van der Waals surface area contributed by atoms with E-state index in [0.717, 1.165) is 0 Å². The van der Waals surface area contributed by atoms with Crippen LogP contribution in [0.2, 0.25) is 0 Å². The van der Waals surface area contributed by atoms with E-state index in [0.29, 0.717) is 0 Å². The summed E-state index contributed by atoms with van der Waals surface area (Å²) >= 11 is 0. The number of rotatable bonds is 1. The Labute approximate surface area is 103 Å². The second kappa shape index (κ2) is 4.71. The Bertz CT molecular complexity index is 440. The van der Waals surface area contributed by atoms with Gasteiger partial charge in [-0.2, -0.15) is 0 Å². The monoisotopic (exact) mass is 236 g/mol. The van der Waals surface area contributed by atoms with Crippen LogP contribution in [0.4, 0.5) is 0 Å². The summed E-state index contributed by atoms with van der Waals surface area (Å²) in [7, 11) is 0. The zero-order chi connectivity index (χ0) is 10.9. The molecule has 0 N–H and O–H groups in total. The fourth-order valence-corrected chi connectivity index (χ4v) is 1.50. The van der Waals surface area contributed by atoms with Crippen LogP contribution in [0.1, 0.15) is 20.8 Å². The highest BCUT2D eigenvalue weighted by molar-refractivity contribution is 5.30. The van der Waals surface area contributed by atoms with Crippen molar-refractivity contribution in [3.8, 4) is 5.69 Å². The summed E-state index contributed by atoms with van der Waals surface area (Å²) < 4.78 is 4.34. The highest BCUT2D eigenvalue weighted by Gasteiger charge is 2.19. The van der Waals surface area contributed by atoms with Gasteiger partial charge in [0.2, 0.25) is 6.33 Å². The fraction of sp³-hybridized carbons (Fsp3) is 0.308. The van der Waals surface area contributed by atoms with Crippen LogP contribution in [0.3, 0.4) is 0 Å². The molecule has 0 fully saturated rings. The van der Waals surface area contributed by atoms with Crippen LogP contribution < -0.4 is 17.0 Å². The molecule has 0 aliphatic carbocycles. The molecule has 0 saturated heterocycles. The Morgan fingerprint density at radius 1 is 1.06 bits per heavy atom. The van der Waals surface area contributed by atoms with E-state index in [9.17, 15) is 0 Å². The first-order chi connectivity index (χ1) is 7.07. The third-order valence-electron chi connectivity index (χ3n) is 2.47. The molecule has 0 saturated carbocycles. The molecule has 2 aromatic rings. The summed E-state index contributed by atoms with van der Waals surface area (Å²) in [6.07, 6.45) is 6.31. The third kappa shape index (κ3) is 2.64. The highest BCUT2D eigenvalue weighted by Crippen LogP contribution is 2.08. The molecular formula is C13H17ClN2. The molecule has 16 heavy (non-hydrogen) atoms. The van der Waals surface area contributed by atoms with Gasteiger partial charge in [0.25, 0.3) is 0 Å². The first-order valence-corrected chi connectivity index (χ1v) is 5.22. The molecule has 0 aliphatic heterocycles. The van der Waals surface area contributed by atoms with Crippen LogP contribution in [0.5, 0.6) is 0 Å². The first-order valence-electron chi connectivity index (χ1n) is 5.22. The second-order valence-electron chi connectivity index (χ2n) is 4.73. The Kier molecular flexibility index (Phi) is 3.76. The maximum absolute atomic E-state index is 2.21. The van der Waals surface area contributed by atoms with Crippen molar-refractivity contribution >= 4 is 0 Å². The maximum Gasteiger partial charge on any atom is 0.249 e. The predicted molar refractivity (Wildman–Crippen MR) is 61.0 cm³/mol. The maximum atomic E-state index is 2.21. The first kappa shape index (κ1) is 12.8. The Morgan fingerprint density at radius 2 is 1.69 bits per heavy atom.